The van der Waals surface area contributed by atoms with Crippen LogP contribution in [0.25, 0.3) is 0 Å². The number of carbonyl (C=O) groups excluding carboxylic acids is 3. The molecule has 3 amide bonds. The van der Waals surface area contributed by atoms with E-state index in [1.165, 1.54) is 11.8 Å². The lowest BCUT2D eigenvalue weighted by molar-refractivity contribution is -0.123. The molecule has 2 rings (SSSR count). The molecule has 2 N–H and O–H groups in total. The van der Waals surface area contributed by atoms with Crippen molar-refractivity contribution in [2.24, 2.45) is 0 Å². The van der Waals surface area contributed by atoms with Crippen molar-refractivity contribution >= 4 is 41.3 Å². The molecule has 0 fully saturated rings. The van der Waals surface area contributed by atoms with Crippen LogP contribution in [0.4, 0.5) is 4.79 Å². The second kappa shape index (κ2) is 9.94. The van der Waals surface area contributed by atoms with E-state index in [-0.39, 0.29) is 11.6 Å². The summed E-state index contributed by atoms with van der Waals surface area (Å²) in [5.41, 5.74) is 0.219. The van der Waals surface area contributed by atoms with Crippen LogP contribution in [0.1, 0.15) is 24.2 Å². The van der Waals surface area contributed by atoms with E-state index in [0.29, 0.717) is 10.0 Å². The SMILES string of the molecule is CC(C)NC(=O)NC(=O)COC(=O)c1cccnc1Sc1ccc(Cl)cc1. The molecule has 0 radical (unpaired) electrons. The van der Waals surface area contributed by atoms with E-state index in [2.05, 4.69) is 15.6 Å². The molecule has 0 aliphatic heterocycles. The first kappa shape index (κ1) is 20.7. The fraction of sp³-hybridized carbons (Fsp3) is 0.222. The number of rotatable bonds is 6. The normalized spacial score (nSPS) is 10.4. The van der Waals surface area contributed by atoms with Gasteiger partial charge in [-0.1, -0.05) is 23.4 Å². The van der Waals surface area contributed by atoms with E-state index in [1.807, 2.05) is 0 Å². The lowest BCUT2D eigenvalue weighted by Gasteiger charge is -2.10. The third-order valence-corrected chi connectivity index (χ3v) is 4.30. The van der Waals surface area contributed by atoms with Gasteiger partial charge in [0.25, 0.3) is 5.91 Å². The summed E-state index contributed by atoms with van der Waals surface area (Å²) in [5, 5.41) is 5.61. The zero-order chi connectivity index (χ0) is 19.8. The number of benzene rings is 1. The Balaban J connectivity index is 1.97. The summed E-state index contributed by atoms with van der Waals surface area (Å²) in [6.07, 6.45) is 1.55. The number of esters is 1. The Labute approximate surface area is 165 Å². The summed E-state index contributed by atoms with van der Waals surface area (Å²) >= 11 is 7.13. The molecule has 0 saturated carbocycles. The maximum Gasteiger partial charge on any atom is 0.341 e. The number of nitrogens with one attached hydrogen (secondary N) is 2. The average molecular weight is 408 g/mol. The van der Waals surface area contributed by atoms with Crippen LogP contribution in [0.2, 0.25) is 5.02 Å². The van der Waals surface area contributed by atoms with Crippen LogP contribution in [-0.2, 0) is 9.53 Å². The summed E-state index contributed by atoms with van der Waals surface area (Å²) in [7, 11) is 0. The van der Waals surface area contributed by atoms with Crippen molar-refractivity contribution in [3.8, 4) is 0 Å². The molecule has 9 heteroatoms. The van der Waals surface area contributed by atoms with Gasteiger partial charge < -0.3 is 10.1 Å². The summed E-state index contributed by atoms with van der Waals surface area (Å²) in [4.78, 5) is 40.5. The Bertz CT molecular complexity index is 828. The Hall–Kier alpha value is -2.58. The molecule has 1 aromatic carbocycles. The van der Waals surface area contributed by atoms with Gasteiger partial charge in [-0.2, -0.15) is 0 Å². The molecule has 0 spiro atoms. The number of halogens is 1. The van der Waals surface area contributed by atoms with Gasteiger partial charge in [0, 0.05) is 22.2 Å². The number of hydrogen-bond acceptors (Lipinski definition) is 6. The van der Waals surface area contributed by atoms with Gasteiger partial charge in [-0.3, -0.25) is 10.1 Å². The fourth-order valence-corrected chi connectivity index (χ4v) is 2.91. The molecule has 27 heavy (non-hydrogen) atoms. The van der Waals surface area contributed by atoms with Gasteiger partial charge in [0.05, 0.1) is 5.56 Å². The van der Waals surface area contributed by atoms with Crippen molar-refractivity contribution in [2.45, 2.75) is 29.8 Å². The van der Waals surface area contributed by atoms with Crippen LogP contribution in [0.3, 0.4) is 0 Å². The Morgan fingerprint density at radius 2 is 1.89 bits per heavy atom. The zero-order valence-electron chi connectivity index (χ0n) is 14.7. The number of urea groups is 1. The highest BCUT2D eigenvalue weighted by atomic mass is 35.5. The molecule has 0 unspecified atom stereocenters. The molecule has 142 valence electrons. The maximum absolute atomic E-state index is 12.3. The number of aromatic nitrogens is 1. The topological polar surface area (TPSA) is 97.4 Å². The minimum Gasteiger partial charge on any atom is -0.452 e. The third kappa shape index (κ3) is 6.92. The molecule has 0 atom stereocenters. The molecule has 0 aliphatic rings. The van der Waals surface area contributed by atoms with Gasteiger partial charge in [-0.25, -0.2) is 14.6 Å². The zero-order valence-corrected chi connectivity index (χ0v) is 16.3. The van der Waals surface area contributed by atoms with Gasteiger partial charge in [0.1, 0.15) is 5.03 Å². The van der Waals surface area contributed by atoms with Crippen molar-refractivity contribution in [1.29, 1.82) is 0 Å². The largest absolute Gasteiger partial charge is 0.452 e. The molecule has 1 aromatic heterocycles. The predicted octanol–water partition coefficient (Wildman–Crippen LogP) is 3.28. The molecule has 0 aliphatic carbocycles. The van der Waals surface area contributed by atoms with E-state index in [9.17, 15) is 14.4 Å². The number of hydrogen-bond donors (Lipinski definition) is 2. The van der Waals surface area contributed by atoms with Crippen molar-refractivity contribution in [3.05, 3.63) is 53.2 Å². The highest BCUT2D eigenvalue weighted by molar-refractivity contribution is 7.99. The first-order chi connectivity index (χ1) is 12.8. The van der Waals surface area contributed by atoms with Crippen LogP contribution in [0.15, 0.2) is 52.5 Å². The van der Waals surface area contributed by atoms with Crippen LogP contribution in [-0.4, -0.2) is 35.5 Å². The average Bonchev–Trinajstić information content (AvgIpc) is 2.61. The highest BCUT2D eigenvalue weighted by Gasteiger charge is 2.17. The maximum atomic E-state index is 12.3. The molecule has 0 bridgehead atoms. The van der Waals surface area contributed by atoms with Crippen LogP contribution in [0, 0.1) is 0 Å². The summed E-state index contributed by atoms with van der Waals surface area (Å²) in [5.74, 6) is -1.43. The number of pyridine rings is 1. The Morgan fingerprint density at radius 3 is 2.56 bits per heavy atom. The number of amides is 3. The van der Waals surface area contributed by atoms with Gasteiger partial charge >= 0.3 is 12.0 Å². The first-order valence-electron chi connectivity index (χ1n) is 8.01. The lowest BCUT2D eigenvalue weighted by atomic mass is 10.3. The molecule has 0 saturated heterocycles. The smallest absolute Gasteiger partial charge is 0.341 e. The second-order valence-electron chi connectivity index (χ2n) is 5.66. The van der Waals surface area contributed by atoms with E-state index in [4.69, 9.17) is 16.3 Å². The summed E-state index contributed by atoms with van der Waals surface area (Å²) in [6, 6.07) is 9.45. The minimum absolute atomic E-state index is 0.122. The molecule has 1 heterocycles. The van der Waals surface area contributed by atoms with Crippen molar-refractivity contribution in [1.82, 2.24) is 15.6 Å². The van der Waals surface area contributed by atoms with Gasteiger partial charge in [0.15, 0.2) is 6.61 Å². The van der Waals surface area contributed by atoms with E-state index in [1.54, 1.807) is 56.4 Å². The summed E-state index contributed by atoms with van der Waals surface area (Å²) < 4.78 is 4.99. The number of nitrogens with zero attached hydrogens (tertiary/aromatic N) is 1. The number of ether oxygens (including phenoxy) is 1. The quantitative estimate of drug-likeness (QED) is 0.713. The van der Waals surface area contributed by atoms with E-state index >= 15 is 0 Å². The standard InChI is InChI=1S/C18H18ClN3O4S/c1-11(2)21-18(25)22-15(23)10-26-17(24)14-4-3-9-20-16(14)27-13-7-5-12(19)6-8-13/h3-9,11H,10H2,1-2H3,(H2,21,22,23,25). The summed E-state index contributed by atoms with van der Waals surface area (Å²) in [6.45, 7) is 2.93. The van der Waals surface area contributed by atoms with Crippen LogP contribution < -0.4 is 10.6 Å². The van der Waals surface area contributed by atoms with E-state index in [0.717, 1.165) is 4.90 Å². The molecular weight excluding hydrogens is 390 g/mol. The molecular formula is C18H18ClN3O4S. The van der Waals surface area contributed by atoms with Crippen molar-refractivity contribution in [3.63, 3.8) is 0 Å². The number of imide groups is 1. The molecule has 7 nitrogen and oxygen atoms in total. The Kier molecular flexibility index (Phi) is 7.63. The van der Waals surface area contributed by atoms with Gasteiger partial charge in [-0.05, 0) is 50.2 Å². The predicted molar refractivity (Wildman–Crippen MR) is 102 cm³/mol. The first-order valence-corrected chi connectivity index (χ1v) is 9.20. The number of carbonyl (C=O) groups is 3. The van der Waals surface area contributed by atoms with Gasteiger partial charge in [0.2, 0.25) is 0 Å². The van der Waals surface area contributed by atoms with Crippen molar-refractivity contribution < 1.29 is 19.1 Å². The Morgan fingerprint density at radius 1 is 1.19 bits per heavy atom. The van der Waals surface area contributed by atoms with Crippen LogP contribution in [0.5, 0.6) is 0 Å². The highest BCUT2D eigenvalue weighted by Crippen LogP contribution is 2.29. The fourth-order valence-electron chi connectivity index (χ4n) is 1.91. The van der Waals surface area contributed by atoms with Crippen LogP contribution >= 0.6 is 23.4 Å². The monoisotopic (exact) mass is 407 g/mol. The molecule has 2 aromatic rings. The van der Waals surface area contributed by atoms with Crippen molar-refractivity contribution in [2.75, 3.05) is 6.61 Å². The minimum atomic E-state index is -0.725. The lowest BCUT2D eigenvalue weighted by Crippen LogP contribution is -2.44. The van der Waals surface area contributed by atoms with E-state index < -0.39 is 24.5 Å². The second-order valence-corrected chi connectivity index (χ2v) is 7.16. The third-order valence-electron chi connectivity index (χ3n) is 3.03. The van der Waals surface area contributed by atoms with Gasteiger partial charge in [-0.15, -0.1) is 0 Å².